The van der Waals surface area contributed by atoms with Crippen molar-refractivity contribution in [1.82, 2.24) is 10.2 Å². The molecule has 4 N–H and O–H groups in total. The largest absolute Gasteiger partial charge is 0.394 e. The van der Waals surface area contributed by atoms with Gasteiger partial charge in [0.2, 0.25) is 11.8 Å². The lowest BCUT2D eigenvalue weighted by molar-refractivity contribution is -0.162. The average Bonchev–Trinajstić information content (AvgIpc) is 3.65. The van der Waals surface area contributed by atoms with E-state index in [9.17, 15) is 10.2 Å². The summed E-state index contributed by atoms with van der Waals surface area (Å²) in [5.74, 6) is -5.19. The van der Waals surface area contributed by atoms with E-state index in [4.69, 9.17) is 27.9 Å². The van der Waals surface area contributed by atoms with Gasteiger partial charge in [0.05, 0.1) is 50.8 Å². The van der Waals surface area contributed by atoms with Gasteiger partial charge in [-0.25, -0.2) is 8.78 Å². The van der Waals surface area contributed by atoms with Crippen LogP contribution in [-0.2, 0) is 19.7 Å². The van der Waals surface area contributed by atoms with Crippen molar-refractivity contribution >= 4 is 52.5 Å². The van der Waals surface area contributed by atoms with Crippen molar-refractivity contribution in [3.63, 3.8) is 0 Å². The van der Waals surface area contributed by atoms with Crippen LogP contribution in [0.25, 0.3) is 0 Å². The maximum Gasteiger partial charge on any atom is 0.238 e. The molecule has 3 fully saturated rings. The van der Waals surface area contributed by atoms with E-state index in [1.54, 1.807) is 71.6 Å². The molecule has 4 aromatic rings. The fourth-order valence-corrected chi connectivity index (χ4v) is 11.5. The van der Waals surface area contributed by atoms with Gasteiger partial charge < -0.3 is 25.6 Å². The number of carbonyl (C=O) groups is 2. The molecule has 8 nitrogen and oxygen atoms in total. The molecule has 0 bridgehead atoms. The highest BCUT2D eigenvalue weighted by atomic mass is 35.5. The van der Waals surface area contributed by atoms with Crippen molar-refractivity contribution < 1.29 is 42.1 Å². The van der Waals surface area contributed by atoms with E-state index in [0.29, 0.717) is 28.9 Å². The Morgan fingerprint density at radius 1 is 0.983 bits per heavy atom. The lowest BCUT2D eigenvalue weighted by atomic mass is 9.45. The van der Waals surface area contributed by atoms with Gasteiger partial charge >= 0.3 is 0 Å². The van der Waals surface area contributed by atoms with E-state index in [2.05, 4.69) is 10.6 Å². The van der Waals surface area contributed by atoms with Gasteiger partial charge in [-0.1, -0.05) is 95.6 Å². The van der Waals surface area contributed by atoms with Gasteiger partial charge in [-0.3, -0.25) is 23.3 Å². The first kappa shape index (κ1) is 41.1. The highest BCUT2D eigenvalue weighted by Crippen LogP contribution is 2.74. The van der Waals surface area contributed by atoms with E-state index in [-0.39, 0.29) is 42.3 Å². The van der Waals surface area contributed by atoms with Crippen LogP contribution in [0.5, 0.6) is 0 Å². The third-order valence-corrected chi connectivity index (χ3v) is 14.1. The molecular formula is C43H41Cl2F4N3O5S. The molecule has 7 atom stereocenters. The van der Waals surface area contributed by atoms with Gasteiger partial charge in [-0.05, 0) is 72.7 Å². The molecule has 2 unspecified atom stereocenters. The third-order valence-electron chi connectivity index (χ3n) is 12.5. The van der Waals surface area contributed by atoms with E-state index in [1.165, 1.54) is 6.07 Å². The summed E-state index contributed by atoms with van der Waals surface area (Å²) in [5, 5.41) is 27.7. The SMILES string of the molecule is O=C(NC1CC[C@@H](CO)OC1)[C@H]1[C@H](c2ccc(F)c(Cl)c2F)C2(C(=O)Nc3cc(Cl)ccc32)C2(CC(CF)(CF)C2)N1[C@H](c1ccccc1)[C@@H](O)Sc1ccccc1. The monoisotopic (exact) mass is 857 g/mol. The predicted molar refractivity (Wildman–Crippen MR) is 213 cm³/mol. The summed E-state index contributed by atoms with van der Waals surface area (Å²) in [4.78, 5) is 33.2. The van der Waals surface area contributed by atoms with Gasteiger partial charge in [0.15, 0.2) is 0 Å². The van der Waals surface area contributed by atoms with E-state index < -0.39 is 93.8 Å². The summed E-state index contributed by atoms with van der Waals surface area (Å²) in [5.41, 5.74) is -5.92. The van der Waals surface area contributed by atoms with E-state index in [0.717, 1.165) is 23.9 Å². The summed E-state index contributed by atoms with van der Waals surface area (Å²) < 4.78 is 68.4. The number of nitrogens with zero attached hydrogens (tertiary/aromatic N) is 1. The number of alkyl halides is 2. The minimum atomic E-state index is -2.00. The standard InChI is InChI=1S/C43H41Cl2F4N3O5S/c44-25-11-15-30-32(17-25)51-40(56)43(30)33(29-14-16-31(48)34(45)35(29)49)37(38(54)50-26-12-13-27(18-53)57-19-26)52(42(43)20-41(21-42,22-46)23-47)36(24-7-3-1-4-8-24)39(55)58-28-9-5-2-6-10-28/h1-11,14-17,26-27,33,36-37,39,53,55H,12-13,18-23H2,(H,50,54)(H,51,56)/t26?,27-,33-,36+,37+,39-,43?/m0/s1. The molecule has 3 heterocycles. The van der Waals surface area contributed by atoms with Crippen LogP contribution in [-0.4, -0.2) is 82.7 Å². The van der Waals surface area contributed by atoms with E-state index >= 15 is 27.2 Å². The van der Waals surface area contributed by atoms with Crippen LogP contribution < -0.4 is 10.6 Å². The van der Waals surface area contributed by atoms with Crippen LogP contribution in [0.3, 0.4) is 0 Å². The number of amides is 2. The molecule has 306 valence electrons. The number of anilines is 1. The van der Waals surface area contributed by atoms with Gasteiger partial charge in [-0.15, -0.1) is 0 Å². The van der Waals surface area contributed by atoms with Crippen molar-refractivity contribution in [1.29, 1.82) is 0 Å². The number of carbonyl (C=O) groups excluding carboxylic acids is 2. The number of aliphatic hydroxyl groups excluding tert-OH is 2. The number of halogens is 6. The minimum Gasteiger partial charge on any atom is -0.394 e. The number of hydrogen-bond donors (Lipinski definition) is 4. The number of nitrogens with one attached hydrogen (secondary N) is 2. The zero-order chi connectivity index (χ0) is 41.0. The Morgan fingerprint density at radius 3 is 2.31 bits per heavy atom. The lowest BCUT2D eigenvalue weighted by Crippen LogP contribution is -2.72. The smallest absolute Gasteiger partial charge is 0.238 e. The topological polar surface area (TPSA) is 111 Å². The molecule has 0 radical (unpaired) electrons. The highest BCUT2D eigenvalue weighted by Gasteiger charge is 2.82. The van der Waals surface area contributed by atoms with E-state index in [1.807, 2.05) is 6.07 Å². The number of aliphatic hydroxyl groups is 2. The second-order valence-electron chi connectivity index (χ2n) is 15.8. The second-order valence-corrected chi connectivity index (χ2v) is 17.8. The predicted octanol–water partition coefficient (Wildman–Crippen LogP) is 7.90. The molecule has 2 amide bonds. The maximum atomic E-state index is 17.0. The maximum absolute atomic E-state index is 17.0. The third kappa shape index (κ3) is 6.52. The molecule has 4 aliphatic rings. The van der Waals surface area contributed by atoms with Gasteiger partial charge in [-0.2, -0.15) is 0 Å². The number of rotatable bonds is 11. The lowest BCUT2D eigenvalue weighted by Gasteiger charge is -2.63. The molecule has 8 rings (SSSR count). The average molecular weight is 859 g/mol. The number of thioether (sulfide) groups is 1. The summed E-state index contributed by atoms with van der Waals surface area (Å²) in [7, 11) is 0. The van der Waals surface area contributed by atoms with Crippen LogP contribution in [0, 0.1) is 17.0 Å². The fraction of sp³-hybridized carbons (Fsp3) is 0.395. The molecule has 1 aliphatic carbocycles. The first-order valence-corrected chi connectivity index (χ1v) is 20.7. The summed E-state index contributed by atoms with van der Waals surface area (Å²) in [6, 6.07) is 21.2. The van der Waals surface area contributed by atoms with Crippen molar-refractivity contribution in [3.8, 4) is 0 Å². The van der Waals surface area contributed by atoms with Crippen LogP contribution in [0.1, 0.15) is 54.3 Å². The first-order chi connectivity index (χ1) is 27.9. The Labute approximate surface area is 347 Å². The Bertz CT molecular complexity index is 2170. The summed E-state index contributed by atoms with van der Waals surface area (Å²) in [6.45, 7) is -2.39. The number of fused-ring (bicyclic) bond motifs is 3. The Hall–Kier alpha value is -3.69. The summed E-state index contributed by atoms with van der Waals surface area (Å²) in [6.07, 6.45) is -0.259. The van der Waals surface area contributed by atoms with Crippen LogP contribution in [0.15, 0.2) is 95.9 Å². The summed E-state index contributed by atoms with van der Waals surface area (Å²) >= 11 is 13.9. The Kier molecular flexibility index (Phi) is 11.4. The zero-order valence-corrected chi connectivity index (χ0v) is 33.4. The van der Waals surface area contributed by atoms with Crippen molar-refractivity contribution in [2.75, 3.05) is 31.9 Å². The second kappa shape index (κ2) is 16.1. The van der Waals surface area contributed by atoms with Crippen molar-refractivity contribution in [3.05, 3.63) is 129 Å². The normalized spacial score (nSPS) is 26.9. The number of likely N-dealkylation sites (tertiary alicyclic amines) is 1. The fourth-order valence-electron chi connectivity index (χ4n) is 10.2. The minimum absolute atomic E-state index is 0.0323. The van der Waals surface area contributed by atoms with Gasteiger partial charge in [0.25, 0.3) is 0 Å². The molecular weight excluding hydrogens is 817 g/mol. The highest BCUT2D eigenvalue weighted by molar-refractivity contribution is 7.99. The van der Waals surface area contributed by atoms with Gasteiger partial charge in [0, 0.05) is 32.5 Å². The molecule has 15 heteroatoms. The van der Waals surface area contributed by atoms with Gasteiger partial charge in [0.1, 0.15) is 27.5 Å². The van der Waals surface area contributed by atoms with Crippen LogP contribution in [0.4, 0.5) is 23.2 Å². The molecule has 3 aliphatic heterocycles. The molecule has 2 spiro atoms. The first-order valence-electron chi connectivity index (χ1n) is 19.1. The van der Waals surface area contributed by atoms with Crippen molar-refractivity contribution in [2.24, 2.45) is 5.41 Å². The molecule has 0 aromatic heterocycles. The molecule has 58 heavy (non-hydrogen) atoms. The molecule has 4 aromatic carbocycles. The van der Waals surface area contributed by atoms with Crippen LogP contribution in [0.2, 0.25) is 10.0 Å². The quantitative estimate of drug-likeness (QED) is 0.0526. The molecule has 2 saturated heterocycles. The van der Waals surface area contributed by atoms with Crippen molar-refractivity contribution in [2.45, 2.75) is 77.1 Å². The number of hydrogen-bond acceptors (Lipinski definition) is 7. The Morgan fingerprint density at radius 2 is 1.67 bits per heavy atom. The zero-order valence-electron chi connectivity index (χ0n) is 31.0. The number of benzene rings is 4. The number of ether oxygens (including phenoxy) is 1. The Balaban J connectivity index is 1.44. The van der Waals surface area contributed by atoms with Crippen LogP contribution >= 0.6 is 35.0 Å². The molecule has 1 saturated carbocycles.